The fourth-order valence-electron chi connectivity index (χ4n) is 2.15. The Morgan fingerprint density at radius 2 is 1.74 bits per heavy atom. The van der Waals surface area contributed by atoms with E-state index >= 15 is 0 Å². The molecule has 0 aliphatic heterocycles. The highest BCUT2D eigenvalue weighted by molar-refractivity contribution is 6.07. The number of benzene rings is 1. The molecule has 0 unspecified atom stereocenters. The maximum atomic E-state index is 13.5. The number of anilines is 1. The highest BCUT2D eigenvalue weighted by Crippen LogP contribution is 2.22. The predicted octanol–water partition coefficient (Wildman–Crippen LogP) is 2.25. The normalized spacial score (nSPS) is 10.3. The molecular weight excluding hydrogens is 360 g/mol. The molecule has 2 heterocycles. The van der Waals surface area contributed by atoms with Crippen molar-refractivity contribution in [1.29, 1.82) is 0 Å². The number of carbonyl (C=O) groups excluding carboxylic acids is 2. The zero-order chi connectivity index (χ0) is 19.4. The van der Waals surface area contributed by atoms with Crippen molar-refractivity contribution >= 4 is 17.6 Å². The summed E-state index contributed by atoms with van der Waals surface area (Å²) < 4.78 is 31.4. The van der Waals surface area contributed by atoms with E-state index in [9.17, 15) is 18.4 Å². The van der Waals surface area contributed by atoms with Gasteiger partial charge in [0.15, 0.2) is 17.3 Å². The molecule has 0 fully saturated rings. The van der Waals surface area contributed by atoms with Gasteiger partial charge in [0.05, 0.1) is 24.1 Å². The first-order valence-electron chi connectivity index (χ1n) is 7.47. The number of halogens is 2. The molecule has 0 saturated carbocycles. The minimum Gasteiger partial charge on any atom is -0.465 e. The van der Waals surface area contributed by atoms with Crippen molar-refractivity contribution in [2.75, 3.05) is 12.4 Å². The summed E-state index contributed by atoms with van der Waals surface area (Å²) in [5.41, 5.74) is 0.348. The Morgan fingerprint density at radius 3 is 2.37 bits per heavy atom. The summed E-state index contributed by atoms with van der Waals surface area (Å²) >= 11 is 0. The van der Waals surface area contributed by atoms with Crippen LogP contribution in [0.1, 0.15) is 20.8 Å². The molecule has 0 aliphatic carbocycles. The van der Waals surface area contributed by atoms with Crippen LogP contribution in [0.3, 0.4) is 0 Å². The van der Waals surface area contributed by atoms with E-state index in [0.717, 1.165) is 7.11 Å². The van der Waals surface area contributed by atoms with E-state index < -0.39 is 23.5 Å². The van der Waals surface area contributed by atoms with Gasteiger partial charge < -0.3 is 10.1 Å². The van der Waals surface area contributed by atoms with Gasteiger partial charge in [-0.2, -0.15) is 0 Å². The van der Waals surface area contributed by atoms with Gasteiger partial charge in [-0.25, -0.2) is 23.5 Å². The number of carbonyl (C=O) groups is 2. The van der Waals surface area contributed by atoms with Crippen molar-refractivity contribution in [2.45, 2.75) is 0 Å². The van der Waals surface area contributed by atoms with Gasteiger partial charge >= 0.3 is 5.97 Å². The quantitative estimate of drug-likeness (QED) is 0.701. The maximum Gasteiger partial charge on any atom is 0.340 e. The van der Waals surface area contributed by atoms with Crippen LogP contribution < -0.4 is 5.32 Å². The Bertz CT molecular complexity index is 997. The van der Waals surface area contributed by atoms with Crippen LogP contribution in [0.15, 0.2) is 43.0 Å². The average molecular weight is 371 g/mol. The van der Waals surface area contributed by atoms with E-state index in [0.29, 0.717) is 23.4 Å². The molecule has 0 bridgehead atoms. The zero-order valence-electron chi connectivity index (χ0n) is 13.8. The first-order chi connectivity index (χ1) is 13.0. The molecule has 8 nitrogen and oxygen atoms in total. The molecule has 1 N–H and O–H groups in total. The SMILES string of the molecule is COC(=O)c1cc(F)c(F)cc1NC(=O)c1ccc(-c2cncnc2)nn1. The molecule has 3 rings (SSSR count). The third-order valence-electron chi connectivity index (χ3n) is 3.47. The number of rotatable bonds is 4. The van der Waals surface area contributed by atoms with Crippen LogP contribution in [0.2, 0.25) is 0 Å². The second kappa shape index (κ2) is 7.60. The number of esters is 1. The number of hydrogen-bond donors (Lipinski definition) is 1. The molecule has 0 aliphatic rings. The summed E-state index contributed by atoms with van der Waals surface area (Å²) in [6, 6.07) is 4.22. The molecule has 10 heteroatoms. The number of nitrogens with one attached hydrogen (secondary N) is 1. The summed E-state index contributed by atoms with van der Waals surface area (Å²) in [6.07, 6.45) is 4.42. The minimum atomic E-state index is -1.25. The lowest BCUT2D eigenvalue weighted by Crippen LogP contribution is -2.18. The number of methoxy groups -OCH3 is 1. The van der Waals surface area contributed by atoms with Gasteiger partial charge in [0.2, 0.25) is 0 Å². The molecule has 136 valence electrons. The monoisotopic (exact) mass is 371 g/mol. The van der Waals surface area contributed by atoms with E-state index in [1.54, 1.807) is 0 Å². The van der Waals surface area contributed by atoms with Crippen LogP contribution in [-0.4, -0.2) is 39.2 Å². The minimum absolute atomic E-state index is 0.101. The zero-order valence-corrected chi connectivity index (χ0v) is 13.8. The van der Waals surface area contributed by atoms with Crippen molar-refractivity contribution in [1.82, 2.24) is 20.2 Å². The lowest BCUT2D eigenvalue weighted by atomic mass is 10.1. The van der Waals surface area contributed by atoms with Gasteiger partial charge in [-0.05, 0) is 18.2 Å². The van der Waals surface area contributed by atoms with E-state index in [-0.39, 0.29) is 16.9 Å². The molecule has 1 aromatic carbocycles. The van der Waals surface area contributed by atoms with Crippen molar-refractivity contribution in [3.05, 3.63) is 65.9 Å². The van der Waals surface area contributed by atoms with E-state index in [1.165, 1.54) is 30.9 Å². The van der Waals surface area contributed by atoms with Gasteiger partial charge in [0, 0.05) is 24.0 Å². The molecular formula is C17H11F2N5O3. The predicted molar refractivity (Wildman–Crippen MR) is 88.7 cm³/mol. The third kappa shape index (κ3) is 3.89. The van der Waals surface area contributed by atoms with Crippen LogP contribution in [0, 0.1) is 11.6 Å². The third-order valence-corrected chi connectivity index (χ3v) is 3.47. The molecule has 27 heavy (non-hydrogen) atoms. The highest BCUT2D eigenvalue weighted by Gasteiger charge is 2.19. The standard InChI is InChI=1S/C17H11F2N5O3/c1-27-17(26)10-4-11(18)12(19)5-15(10)22-16(25)14-3-2-13(23-24-14)9-6-20-8-21-7-9/h2-8H,1H3,(H,22,25). The second-order valence-electron chi connectivity index (χ2n) is 5.19. The Balaban J connectivity index is 1.85. The first kappa shape index (κ1) is 18.0. The largest absolute Gasteiger partial charge is 0.465 e. The molecule has 0 saturated heterocycles. The Labute approximate surface area is 151 Å². The summed E-state index contributed by atoms with van der Waals surface area (Å²) in [6.45, 7) is 0. The summed E-state index contributed by atoms with van der Waals surface area (Å²) in [4.78, 5) is 31.7. The van der Waals surface area contributed by atoms with Gasteiger partial charge in [0.1, 0.15) is 6.33 Å². The van der Waals surface area contributed by atoms with Crippen LogP contribution in [-0.2, 0) is 4.74 Å². The van der Waals surface area contributed by atoms with Gasteiger partial charge in [-0.15, -0.1) is 10.2 Å². The Kier molecular flexibility index (Phi) is 5.06. The van der Waals surface area contributed by atoms with Crippen LogP contribution in [0.5, 0.6) is 0 Å². The number of nitrogens with zero attached hydrogens (tertiary/aromatic N) is 4. The molecule has 3 aromatic rings. The average Bonchev–Trinajstić information content (AvgIpc) is 2.70. The number of aromatic nitrogens is 4. The lowest BCUT2D eigenvalue weighted by Gasteiger charge is -2.10. The second-order valence-corrected chi connectivity index (χ2v) is 5.19. The number of hydrogen-bond acceptors (Lipinski definition) is 7. The molecule has 0 radical (unpaired) electrons. The van der Waals surface area contributed by atoms with Crippen molar-refractivity contribution in [3.8, 4) is 11.3 Å². The first-order valence-corrected chi connectivity index (χ1v) is 7.47. The topological polar surface area (TPSA) is 107 Å². The van der Waals surface area contributed by atoms with E-state index in [4.69, 9.17) is 0 Å². The summed E-state index contributed by atoms with van der Waals surface area (Å²) in [5.74, 6) is -4.18. The van der Waals surface area contributed by atoms with Crippen LogP contribution in [0.25, 0.3) is 11.3 Å². The van der Waals surface area contributed by atoms with E-state index in [2.05, 4.69) is 30.2 Å². The van der Waals surface area contributed by atoms with Crippen LogP contribution in [0.4, 0.5) is 14.5 Å². The highest BCUT2D eigenvalue weighted by atomic mass is 19.2. The smallest absolute Gasteiger partial charge is 0.340 e. The number of amides is 1. The molecule has 0 atom stereocenters. The van der Waals surface area contributed by atoms with Gasteiger partial charge in [-0.1, -0.05) is 0 Å². The lowest BCUT2D eigenvalue weighted by molar-refractivity contribution is 0.0601. The number of ether oxygens (including phenoxy) is 1. The molecule has 2 aromatic heterocycles. The molecule has 0 spiro atoms. The molecule has 1 amide bonds. The summed E-state index contributed by atoms with van der Waals surface area (Å²) in [5, 5.41) is 9.98. The van der Waals surface area contributed by atoms with E-state index in [1.807, 2.05) is 0 Å². The van der Waals surface area contributed by atoms with Crippen molar-refractivity contribution in [2.24, 2.45) is 0 Å². The van der Waals surface area contributed by atoms with Crippen LogP contribution >= 0.6 is 0 Å². The van der Waals surface area contributed by atoms with Crippen molar-refractivity contribution in [3.63, 3.8) is 0 Å². The van der Waals surface area contributed by atoms with Gasteiger partial charge in [-0.3, -0.25) is 4.79 Å². The van der Waals surface area contributed by atoms with Gasteiger partial charge in [0.25, 0.3) is 5.91 Å². The Hall–Kier alpha value is -3.82. The van der Waals surface area contributed by atoms with Crippen molar-refractivity contribution < 1.29 is 23.1 Å². The fourth-order valence-corrected chi connectivity index (χ4v) is 2.15. The fraction of sp³-hybridized carbons (Fsp3) is 0.0588. The maximum absolute atomic E-state index is 13.5. The summed E-state index contributed by atoms with van der Waals surface area (Å²) in [7, 11) is 1.08. The Morgan fingerprint density at radius 1 is 1.04 bits per heavy atom.